The van der Waals surface area contributed by atoms with E-state index < -0.39 is 139 Å². The lowest BCUT2D eigenvalue weighted by atomic mass is 10.0. The van der Waals surface area contributed by atoms with Crippen LogP contribution in [0.25, 0.3) is 22.3 Å². The Bertz CT molecular complexity index is 1500. The normalized spacial score (nSPS) is 10.8. The lowest BCUT2D eigenvalue weighted by Gasteiger charge is -2.11. The van der Waals surface area contributed by atoms with Crippen LogP contribution in [0, 0.1) is 116 Å². The number of hydrogen-bond acceptors (Lipinski definition) is 1. The molecule has 0 spiro atoms. The standard InChI is InChI=1S/2C12F10.CH2O/c2*13-3-1(4(14)8(18)11(21)7(3)17)2-5(15)9(19)12(22)10(20)6(2)16;1-2/h;;1H2. The van der Waals surface area contributed by atoms with Crippen molar-refractivity contribution in [2.75, 3.05) is 0 Å². The lowest BCUT2D eigenvalue weighted by Crippen LogP contribution is -2.10. The van der Waals surface area contributed by atoms with Crippen LogP contribution in [-0.4, -0.2) is 6.79 Å². The van der Waals surface area contributed by atoms with Crippen molar-refractivity contribution in [3.63, 3.8) is 0 Å². The molecular weight excluding hydrogens is 696 g/mol. The van der Waals surface area contributed by atoms with Gasteiger partial charge in [-0.1, -0.05) is 0 Å². The fourth-order valence-electron chi connectivity index (χ4n) is 3.30. The van der Waals surface area contributed by atoms with Crippen molar-refractivity contribution in [1.82, 2.24) is 0 Å². The summed E-state index contributed by atoms with van der Waals surface area (Å²) in [6, 6.07) is 0. The molecule has 46 heavy (non-hydrogen) atoms. The van der Waals surface area contributed by atoms with Crippen LogP contribution in [0.2, 0.25) is 0 Å². The summed E-state index contributed by atoms with van der Waals surface area (Å²) < 4.78 is 262. The van der Waals surface area contributed by atoms with Crippen molar-refractivity contribution < 1.29 is 92.6 Å². The molecule has 0 saturated carbocycles. The molecule has 0 aromatic heterocycles. The van der Waals surface area contributed by atoms with Gasteiger partial charge in [0.25, 0.3) is 0 Å². The van der Waals surface area contributed by atoms with Crippen molar-refractivity contribution in [3.05, 3.63) is 116 Å². The first kappa shape index (κ1) is 37.3. The first-order valence-corrected chi connectivity index (χ1v) is 10.6. The number of benzene rings is 4. The molecule has 0 amide bonds. The van der Waals surface area contributed by atoms with Crippen LogP contribution in [0.3, 0.4) is 0 Å². The molecule has 4 rings (SSSR count). The summed E-state index contributed by atoms with van der Waals surface area (Å²) in [5, 5.41) is 0. The van der Waals surface area contributed by atoms with Crippen LogP contribution >= 0.6 is 0 Å². The molecule has 21 heteroatoms. The second kappa shape index (κ2) is 13.6. The fraction of sp³-hybridized carbons (Fsp3) is 0. The molecule has 0 radical (unpaired) electrons. The first-order valence-electron chi connectivity index (χ1n) is 10.6. The number of rotatable bonds is 2. The number of carbonyl (C=O) groups excluding carboxylic acids is 1. The molecule has 4 aromatic rings. The Kier molecular flexibility index (Phi) is 11.1. The highest BCUT2D eigenvalue weighted by Crippen LogP contribution is 2.39. The summed E-state index contributed by atoms with van der Waals surface area (Å²) in [6.45, 7) is 2.00. The van der Waals surface area contributed by atoms with Gasteiger partial charge in [0.1, 0.15) is 6.79 Å². The Balaban J connectivity index is 0.000000304. The summed E-state index contributed by atoms with van der Waals surface area (Å²) in [4.78, 5) is 8.00. The smallest absolute Gasteiger partial charge is 0.200 e. The maximum atomic E-state index is 13.4. The van der Waals surface area contributed by atoms with Crippen LogP contribution in [0.1, 0.15) is 0 Å². The summed E-state index contributed by atoms with van der Waals surface area (Å²) in [6.07, 6.45) is 0. The molecule has 0 heterocycles. The van der Waals surface area contributed by atoms with E-state index in [1.54, 1.807) is 0 Å². The average molecular weight is 698 g/mol. The molecule has 0 atom stereocenters. The SMILES string of the molecule is C=O.Fc1c(F)c(F)c(-c2c(F)c(F)c(F)c(F)c2F)c(F)c1F.Fc1c(F)c(F)c(-c2c(F)c(F)c(F)c(F)c2F)c(F)c1F. The second-order valence-corrected chi connectivity index (χ2v) is 7.78. The molecule has 0 aliphatic rings. The van der Waals surface area contributed by atoms with Gasteiger partial charge in [-0.05, 0) is 0 Å². The largest absolute Gasteiger partial charge is 0.307 e. The minimum Gasteiger partial charge on any atom is -0.307 e. The van der Waals surface area contributed by atoms with Crippen molar-refractivity contribution in [1.29, 1.82) is 0 Å². The highest BCUT2D eigenvalue weighted by molar-refractivity contribution is 5.68. The zero-order valence-electron chi connectivity index (χ0n) is 20.7. The molecule has 0 bridgehead atoms. The van der Waals surface area contributed by atoms with Crippen LogP contribution in [-0.2, 0) is 4.79 Å². The van der Waals surface area contributed by atoms with Gasteiger partial charge >= 0.3 is 0 Å². The molecule has 0 N–H and O–H groups in total. The number of halogens is 20. The van der Waals surface area contributed by atoms with E-state index in [1.165, 1.54) is 0 Å². The second-order valence-electron chi connectivity index (χ2n) is 7.78. The predicted molar refractivity (Wildman–Crippen MR) is 110 cm³/mol. The average Bonchev–Trinajstić information content (AvgIpc) is 3.05. The van der Waals surface area contributed by atoms with Gasteiger partial charge in [0, 0.05) is 0 Å². The third kappa shape index (κ3) is 5.80. The van der Waals surface area contributed by atoms with Crippen molar-refractivity contribution >= 4 is 6.79 Å². The molecule has 0 unspecified atom stereocenters. The molecule has 4 aromatic carbocycles. The van der Waals surface area contributed by atoms with Crippen LogP contribution in [0.4, 0.5) is 87.8 Å². The Morgan fingerprint density at radius 1 is 0.174 bits per heavy atom. The lowest BCUT2D eigenvalue weighted by molar-refractivity contribution is -0.0980. The Morgan fingerprint density at radius 2 is 0.239 bits per heavy atom. The number of hydrogen-bond donors (Lipinski definition) is 0. The van der Waals surface area contributed by atoms with Gasteiger partial charge in [0.15, 0.2) is 93.1 Å². The van der Waals surface area contributed by atoms with Gasteiger partial charge in [-0.15, -0.1) is 0 Å². The maximum Gasteiger partial charge on any atom is 0.200 e. The van der Waals surface area contributed by atoms with Crippen molar-refractivity contribution in [2.45, 2.75) is 0 Å². The molecule has 0 saturated heterocycles. The zero-order chi connectivity index (χ0) is 35.9. The molecule has 248 valence electrons. The van der Waals surface area contributed by atoms with Gasteiger partial charge < -0.3 is 4.79 Å². The monoisotopic (exact) mass is 698 g/mol. The number of carbonyl (C=O) groups is 1. The summed E-state index contributed by atoms with van der Waals surface area (Å²) in [7, 11) is 0. The van der Waals surface area contributed by atoms with Crippen molar-refractivity contribution in [3.8, 4) is 22.3 Å². The van der Waals surface area contributed by atoms with Gasteiger partial charge in [-0.3, -0.25) is 0 Å². The highest BCUT2D eigenvalue weighted by Gasteiger charge is 2.36. The Hall–Kier alpha value is -4.85. The topological polar surface area (TPSA) is 17.1 Å². The summed E-state index contributed by atoms with van der Waals surface area (Å²) in [5.74, 6) is -53.3. The van der Waals surface area contributed by atoms with Crippen LogP contribution in [0.5, 0.6) is 0 Å². The molecule has 0 fully saturated rings. The van der Waals surface area contributed by atoms with Crippen LogP contribution in [0.15, 0.2) is 0 Å². The van der Waals surface area contributed by atoms with Crippen LogP contribution < -0.4 is 0 Å². The molecule has 0 aliphatic carbocycles. The van der Waals surface area contributed by atoms with E-state index in [2.05, 4.69) is 0 Å². The molecule has 1 nitrogen and oxygen atoms in total. The van der Waals surface area contributed by atoms with E-state index in [9.17, 15) is 87.8 Å². The fourth-order valence-corrected chi connectivity index (χ4v) is 3.30. The predicted octanol–water partition coefficient (Wildman–Crippen LogP) is 9.30. The van der Waals surface area contributed by atoms with E-state index in [0.29, 0.717) is 0 Å². The Morgan fingerprint density at radius 3 is 0.326 bits per heavy atom. The third-order valence-electron chi connectivity index (χ3n) is 5.34. The van der Waals surface area contributed by atoms with E-state index in [1.807, 2.05) is 6.79 Å². The zero-order valence-corrected chi connectivity index (χ0v) is 20.7. The van der Waals surface area contributed by atoms with E-state index in [-0.39, 0.29) is 0 Å². The van der Waals surface area contributed by atoms with Gasteiger partial charge in [0.05, 0.1) is 22.3 Å². The minimum absolute atomic E-state index is 2.00. The minimum atomic E-state index is -2.68. The van der Waals surface area contributed by atoms with Gasteiger partial charge in [0.2, 0.25) is 23.3 Å². The summed E-state index contributed by atoms with van der Waals surface area (Å²) in [5.41, 5.74) is -9.04. The maximum absolute atomic E-state index is 13.4. The molecule has 0 aliphatic heterocycles. The van der Waals surface area contributed by atoms with E-state index in [4.69, 9.17) is 4.79 Å². The third-order valence-corrected chi connectivity index (χ3v) is 5.34. The summed E-state index contributed by atoms with van der Waals surface area (Å²) >= 11 is 0. The quantitative estimate of drug-likeness (QED) is 0.116. The highest BCUT2D eigenvalue weighted by atomic mass is 19.2. The van der Waals surface area contributed by atoms with E-state index in [0.717, 1.165) is 0 Å². The van der Waals surface area contributed by atoms with E-state index >= 15 is 0 Å². The van der Waals surface area contributed by atoms with Crippen molar-refractivity contribution in [2.24, 2.45) is 0 Å². The molecular formula is C25H2F20O. The Labute approximate surface area is 238 Å². The van der Waals surface area contributed by atoms with Gasteiger partial charge in [-0.25, -0.2) is 87.8 Å². The van der Waals surface area contributed by atoms with Gasteiger partial charge in [-0.2, -0.15) is 0 Å². The first-order chi connectivity index (χ1) is 21.2.